The Kier molecular flexibility index (Phi) is 3.17. The number of hydrogen-bond donors (Lipinski definition) is 2. The highest BCUT2D eigenvalue weighted by Gasteiger charge is 2.52. The molecule has 0 aliphatic carbocycles. The second-order valence-electron chi connectivity index (χ2n) is 5.60. The van der Waals surface area contributed by atoms with E-state index in [1.807, 2.05) is 27.7 Å². The third kappa shape index (κ3) is 2.02. The van der Waals surface area contributed by atoms with Gasteiger partial charge in [-0.1, -0.05) is 12.1 Å². The zero-order valence-corrected chi connectivity index (χ0v) is 11.2. The van der Waals surface area contributed by atoms with Crippen molar-refractivity contribution in [2.24, 2.45) is 0 Å². The molecule has 0 spiro atoms. The fourth-order valence-electron chi connectivity index (χ4n) is 1.97. The molecule has 1 fully saturated rings. The van der Waals surface area contributed by atoms with Crippen molar-refractivity contribution < 1.29 is 19.5 Å². The molecular formula is C13H19BO4. The van der Waals surface area contributed by atoms with Crippen LogP contribution in [0.2, 0.25) is 0 Å². The highest BCUT2D eigenvalue weighted by molar-refractivity contribution is 6.63. The van der Waals surface area contributed by atoms with Gasteiger partial charge in [-0.05, 0) is 39.3 Å². The summed E-state index contributed by atoms with van der Waals surface area (Å²) in [6.45, 7) is 7.64. The van der Waals surface area contributed by atoms with Gasteiger partial charge in [0.05, 0.1) is 17.8 Å². The average molecular weight is 250 g/mol. The number of rotatable bonds is 2. The summed E-state index contributed by atoms with van der Waals surface area (Å²) in [5, 5.41) is 19.3. The van der Waals surface area contributed by atoms with E-state index >= 15 is 0 Å². The first kappa shape index (κ1) is 13.4. The zero-order chi connectivity index (χ0) is 13.6. The summed E-state index contributed by atoms with van der Waals surface area (Å²) in [6, 6.07) is 5.01. The Balaban J connectivity index is 2.41. The second-order valence-corrected chi connectivity index (χ2v) is 5.60. The monoisotopic (exact) mass is 250 g/mol. The lowest BCUT2D eigenvalue weighted by atomic mass is 9.75. The molecule has 0 unspecified atom stereocenters. The molecule has 0 saturated carbocycles. The maximum Gasteiger partial charge on any atom is 0.499 e. The van der Waals surface area contributed by atoms with Crippen LogP contribution in [0.3, 0.4) is 0 Å². The van der Waals surface area contributed by atoms with Crippen LogP contribution in [0.25, 0.3) is 0 Å². The summed E-state index contributed by atoms with van der Waals surface area (Å²) >= 11 is 0. The standard InChI is InChI=1S/C13H19BO4/c1-12(2)13(3,4)18-14(17-12)11-9(8-15)6-5-7-10(11)16/h5-7,15-16H,8H2,1-4H3. The van der Waals surface area contributed by atoms with Gasteiger partial charge in [-0.25, -0.2) is 0 Å². The Bertz CT molecular complexity index is 440. The van der Waals surface area contributed by atoms with Crippen LogP contribution < -0.4 is 5.46 Å². The topological polar surface area (TPSA) is 58.9 Å². The third-order valence-electron chi connectivity index (χ3n) is 3.83. The third-order valence-corrected chi connectivity index (χ3v) is 3.83. The number of benzene rings is 1. The van der Waals surface area contributed by atoms with Gasteiger partial charge in [0.1, 0.15) is 5.75 Å². The minimum absolute atomic E-state index is 0.0834. The smallest absolute Gasteiger partial charge is 0.499 e. The van der Waals surface area contributed by atoms with Crippen molar-refractivity contribution in [3.63, 3.8) is 0 Å². The molecule has 1 saturated heterocycles. The van der Waals surface area contributed by atoms with Crippen molar-refractivity contribution >= 4 is 12.6 Å². The molecule has 0 amide bonds. The van der Waals surface area contributed by atoms with Gasteiger partial charge in [-0.3, -0.25) is 0 Å². The summed E-state index contributed by atoms with van der Waals surface area (Å²) in [4.78, 5) is 0. The molecule has 0 aromatic heterocycles. The minimum Gasteiger partial charge on any atom is -0.508 e. The Labute approximate surface area is 108 Å². The van der Waals surface area contributed by atoms with Crippen molar-refractivity contribution in [3.05, 3.63) is 23.8 Å². The van der Waals surface area contributed by atoms with Crippen molar-refractivity contribution in [3.8, 4) is 5.75 Å². The van der Waals surface area contributed by atoms with Crippen LogP contribution in [0, 0.1) is 0 Å². The number of phenols is 1. The zero-order valence-electron chi connectivity index (χ0n) is 11.2. The quantitative estimate of drug-likeness (QED) is 0.774. The highest BCUT2D eigenvalue weighted by atomic mass is 16.7. The SMILES string of the molecule is CC1(C)OB(c2c(O)cccc2CO)OC1(C)C. The van der Waals surface area contributed by atoms with Crippen molar-refractivity contribution in [1.82, 2.24) is 0 Å². The van der Waals surface area contributed by atoms with Gasteiger partial charge in [0.2, 0.25) is 0 Å². The molecule has 1 aliphatic heterocycles. The molecular weight excluding hydrogens is 231 g/mol. The summed E-state index contributed by atoms with van der Waals surface area (Å²) in [5.74, 6) is 0.0834. The van der Waals surface area contributed by atoms with Gasteiger partial charge >= 0.3 is 7.12 Å². The minimum atomic E-state index is -0.654. The first-order valence-electron chi connectivity index (χ1n) is 6.06. The van der Waals surface area contributed by atoms with Gasteiger partial charge in [-0.2, -0.15) is 0 Å². The van der Waals surface area contributed by atoms with Gasteiger partial charge in [0.15, 0.2) is 0 Å². The fourth-order valence-corrected chi connectivity index (χ4v) is 1.97. The molecule has 5 heteroatoms. The molecule has 0 radical (unpaired) electrons. The highest BCUT2D eigenvalue weighted by Crippen LogP contribution is 2.37. The molecule has 0 atom stereocenters. The lowest BCUT2D eigenvalue weighted by Gasteiger charge is -2.32. The Morgan fingerprint density at radius 1 is 1.11 bits per heavy atom. The van der Waals surface area contributed by atoms with Gasteiger partial charge in [0, 0.05) is 5.46 Å². The largest absolute Gasteiger partial charge is 0.508 e. The fraction of sp³-hybridized carbons (Fsp3) is 0.538. The second kappa shape index (κ2) is 4.26. The first-order chi connectivity index (χ1) is 8.28. The predicted octanol–water partition coefficient (Wildman–Crippen LogP) is 1.18. The van der Waals surface area contributed by atoms with Gasteiger partial charge in [-0.15, -0.1) is 0 Å². The molecule has 18 heavy (non-hydrogen) atoms. The number of phenolic OH excluding ortho intramolecular Hbond substituents is 1. The molecule has 1 aromatic carbocycles. The Morgan fingerprint density at radius 2 is 1.67 bits per heavy atom. The van der Waals surface area contributed by atoms with E-state index in [1.54, 1.807) is 18.2 Å². The molecule has 2 N–H and O–H groups in total. The number of hydrogen-bond acceptors (Lipinski definition) is 4. The van der Waals surface area contributed by atoms with E-state index < -0.39 is 18.3 Å². The molecule has 2 rings (SSSR count). The molecule has 1 heterocycles. The average Bonchev–Trinajstić information content (AvgIpc) is 2.47. The number of aliphatic hydroxyl groups is 1. The van der Waals surface area contributed by atoms with Gasteiger partial charge in [0.25, 0.3) is 0 Å². The predicted molar refractivity (Wildman–Crippen MR) is 69.7 cm³/mol. The van der Waals surface area contributed by atoms with Crippen molar-refractivity contribution in [2.45, 2.75) is 45.5 Å². The van der Waals surface area contributed by atoms with Crippen LogP contribution >= 0.6 is 0 Å². The van der Waals surface area contributed by atoms with E-state index in [0.717, 1.165) is 0 Å². The number of aromatic hydroxyl groups is 1. The lowest BCUT2D eigenvalue weighted by molar-refractivity contribution is 0.00578. The molecule has 0 bridgehead atoms. The molecule has 1 aromatic rings. The van der Waals surface area contributed by atoms with Crippen LogP contribution in [-0.4, -0.2) is 28.5 Å². The van der Waals surface area contributed by atoms with Crippen LogP contribution in [0.1, 0.15) is 33.3 Å². The lowest BCUT2D eigenvalue weighted by Crippen LogP contribution is -2.41. The Morgan fingerprint density at radius 3 is 2.17 bits per heavy atom. The van der Waals surface area contributed by atoms with Crippen LogP contribution in [0.4, 0.5) is 0 Å². The van der Waals surface area contributed by atoms with E-state index in [0.29, 0.717) is 11.0 Å². The normalized spacial score (nSPS) is 21.3. The Hall–Kier alpha value is -1.04. The van der Waals surface area contributed by atoms with Crippen LogP contribution in [-0.2, 0) is 15.9 Å². The van der Waals surface area contributed by atoms with Crippen LogP contribution in [0.5, 0.6) is 5.75 Å². The summed E-state index contributed by atoms with van der Waals surface area (Å²) in [5.41, 5.74) is 0.200. The van der Waals surface area contributed by atoms with E-state index in [1.165, 1.54) is 0 Å². The summed E-state index contributed by atoms with van der Waals surface area (Å²) in [6.07, 6.45) is 0. The van der Waals surface area contributed by atoms with E-state index in [-0.39, 0.29) is 12.4 Å². The van der Waals surface area contributed by atoms with Gasteiger partial charge < -0.3 is 19.5 Å². The number of aliphatic hydroxyl groups excluding tert-OH is 1. The van der Waals surface area contributed by atoms with Crippen molar-refractivity contribution in [2.75, 3.05) is 0 Å². The van der Waals surface area contributed by atoms with Crippen molar-refractivity contribution in [1.29, 1.82) is 0 Å². The molecule has 1 aliphatic rings. The van der Waals surface area contributed by atoms with E-state index in [9.17, 15) is 10.2 Å². The molecule has 4 nitrogen and oxygen atoms in total. The first-order valence-corrected chi connectivity index (χ1v) is 6.06. The maximum absolute atomic E-state index is 9.95. The molecule has 98 valence electrons. The summed E-state index contributed by atoms with van der Waals surface area (Å²) < 4.78 is 11.8. The summed E-state index contributed by atoms with van der Waals surface area (Å²) in [7, 11) is -0.654. The van der Waals surface area contributed by atoms with Crippen LogP contribution in [0.15, 0.2) is 18.2 Å². The maximum atomic E-state index is 9.95. The van der Waals surface area contributed by atoms with E-state index in [2.05, 4.69) is 0 Å². The van der Waals surface area contributed by atoms with E-state index in [4.69, 9.17) is 9.31 Å².